The monoisotopic (exact) mass is 336 g/mol. The molecule has 0 unspecified atom stereocenters. The Labute approximate surface area is 128 Å². The summed E-state index contributed by atoms with van der Waals surface area (Å²) in [5.41, 5.74) is 9.99. The van der Waals surface area contributed by atoms with Crippen LogP contribution < -0.4 is 10.6 Å². The highest BCUT2D eigenvalue weighted by Crippen LogP contribution is 2.25. The molecule has 1 aromatic carbocycles. The molecule has 5 heteroatoms. The molecule has 0 bridgehead atoms. The van der Waals surface area contributed by atoms with E-state index in [1.807, 2.05) is 24.3 Å². The molecule has 0 aliphatic carbocycles. The Balaban J connectivity index is 2.25. The first-order valence-corrected chi connectivity index (χ1v) is 7.66. The number of nitrogens with two attached hydrogens (primary N) is 1. The molecule has 1 aromatic heterocycles. The molecule has 4 nitrogen and oxygen atoms in total. The van der Waals surface area contributed by atoms with Gasteiger partial charge in [-0.2, -0.15) is 5.10 Å². The van der Waals surface area contributed by atoms with Crippen molar-refractivity contribution in [1.82, 2.24) is 9.78 Å². The van der Waals surface area contributed by atoms with Crippen LogP contribution in [0, 0.1) is 0 Å². The molecule has 108 valence electrons. The summed E-state index contributed by atoms with van der Waals surface area (Å²) in [4.78, 5) is 2.20. The van der Waals surface area contributed by atoms with Gasteiger partial charge in [0.15, 0.2) is 0 Å². The first-order valence-electron chi connectivity index (χ1n) is 6.87. The molecule has 20 heavy (non-hydrogen) atoms. The first-order chi connectivity index (χ1) is 9.56. The van der Waals surface area contributed by atoms with E-state index in [0.717, 1.165) is 41.1 Å². The maximum absolute atomic E-state index is 5.73. The smallest absolute Gasteiger partial charge is 0.0767 e. The van der Waals surface area contributed by atoms with Gasteiger partial charge in [-0.1, -0.05) is 6.92 Å². The zero-order valence-electron chi connectivity index (χ0n) is 12.2. The fourth-order valence-corrected chi connectivity index (χ4v) is 2.90. The highest BCUT2D eigenvalue weighted by molar-refractivity contribution is 9.10. The molecule has 0 fully saturated rings. The highest BCUT2D eigenvalue weighted by Gasteiger charge is 2.15. The predicted octanol–water partition coefficient (Wildman–Crippen LogP) is 3.45. The molecule has 2 N–H and O–H groups in total. The van der Waals surface area contributed by atoms with Crippen LogP contribution >= 0.6 is 15.9 Å². The zero-order valence-corrected chi connectivity index (χ0v) is 13.8. The van der Waals surface area contributed by atoms with Crippen molar-refractivity contribution < 1.29 is 0 Å². The molecule has 0 atom stereocenters. The van der Waals surface area contributed by atoms with E-state index in [0.29, 0.717) is 0 Å². The number of aryl methyl sites for hydroxylation is 2. The van der Waals surface area contributed by atoms with E-state index in [4.69, 9.17) is 5.73 Å². The summed E-state index contributed by atoms with van der Waals surface area (Å²) in [5.74, 6) is 0. The number of halogens is 1. The fourth-order valence-electron chi connectivity index (χ4n) is 2.21. The van der Waals surface area contributed by atoms with Crippen molar-refractivity contribution in [1.29, 1.82) is 0 Å². The fraction of sp³-hybridized carbons (Fsp3) is 0.400. The topological polar surface area (TPSA) is 47.1 Å². The Morgan fingerprint density at radius 2 is 1.90 bits per heavy atom. The highest BCUT2D eigenvalue weighted by atomic mass is 79.9. The van der Waals surface area contributed by atoms with Crippen LogP contribution in [0.15, 0.2) is 28.7 Å². The quantitative estimate of drug-likeness (QED) is 0.850. The second-order valence-corrected chi connectivity index (χ2v) is 5.62. The summed E-state index contributed by atoms with van der Waals surface area (Å²) in [7, 11) is 2.08. The normalized spacial score (nSPS) is 10.8. The lowest BCUT2D eigenvalue weighted by molar-refractivity contribution is 0.609. The van der Waals surface area contributed by atoms with Crippen LogP contribution in [0.25, 0.3) is 0 Å². The number of rotatable bonds is 5. The molecule has 0 amide bonds. The van der Waals surface area contributed by atoms with Crippen molar-refractivity contribution in [2.45, 2.75) is 33.4 Å². The van der Waals surface area contributed by atoms with Crippen LogP contribution in [0.1, 0.15) is 25.2 Å². The van der Waals surface area contributed by atoms with Crippen LogP contribution in [0.2, 0.25) is 0 Å². The van der Waals surface area contributed by atoms with Crippen LogP contribution in [0.3, 0.4) is 0 Å². The Bertz CT molecular complexity index is 574. The lowest BCUT2D eigenvalue weighted by Crippen LogP contribution is -2.19. The minimum absolute atomic E-state index is 0.787. The van der Waals surface area contributed by atoms with Gasteiger partial charge in [0.05, 0.1) is 22.4 Å². The number of hydrogen-bond acceptors (Lipinski definition) is 3. The Morgan fingerprint density at radius 3 is 2.45 bits per heavy atom. The molecule has 1 heterocycles. The summed E-state index contributed by atoms with van der Waals surface area (Å²) in [6.45, 7) is 5.93. The van der Waals surface area contributed by atoms with Crippen molar-refractivity contribution in [2.75, 3.05) is 17.7 Å². The van der Waals surface area contributed by atoms with Crippen molar-refractivity contribution in [3.63, 3.8) is 0 Å². The van der Waals surface area contributed by atoms with Gasteiger partial charge in [0.2, 0.25) is 0 Å². The van der Waals surface area contributed by atoms with Crippen molar-refractivity contribution in [3.05, 3.63) is 40.1 Å². The van der Waals surface area contributed by atoms with Gasteiger partial charge in [0.25, 0.3) is 0 Å². The number of aromatic nitrogens is 2. The van der Waals surface area contributed by atoms with Crippen molar-refractivity contribution in [2.24, 2.45) is 0 Å². The first kappa shape index (κ1) is 14.9. The average molecular weight is 337 g/mol. The van der Waals surface area contributed by atoms with Gasteiger partial charge in [-0.05, 0) is 53.5 Å². The van der Waals surface area contributed by atoms with Crippen LogP contribution in [0.4, 0.5) is 11.4 Å². The maximum Gasteiger partial charge on any atom is 0.0767 e. The van der Waals surface area contributed by atoms with E-state index in [1.165, 1.54) is 5.69 Å². The minimum Gasteiger partial charge on any atom is -0.399 e. The third kappa shape index (κ3) is 2.98. The van der Waals surface area contributed by atoms with E-state index < -0.39 is 0 Å². The largest absolute Gasteiger partial charge is 0.399 e. The third-order valence-corrected chi connectivity index (χ3v) is 4.33. The average Bonchev–Trinajstić information content (AvgIpc) is 2.76. The lowest BCUT2D eigenvalue weighted by atomic mass is 10.2. The number of nitrogens with zero attached hydrogens (tertiary/aromatic N) is 3. The summed E-state index contributed by atoms with van der Waals surface area (Å²) < 4.78 is 3.20. The van der Waals surface area contributed by atoms with Gasteiger partial charge < -0.3 is 10.6 Å². The molecule has 2 aromatic rings. The number of benzene rings is 1. The molecule has 0 saturated carbocycles. The minimum atomic E-state index is 0.787. The van der Waals surface area contributed by atoms with Gasteiger partial charge >= 0.3 is 0 Å². The van der Waals surface area contributed by atoms with Crippen LogP contribution in [0.5, 0.6) is 0 Å². The van der Waals surface area contributed by atoms with Crippen molar-refractivity contribution in [3.8, 4) is 0 Å². The van der Waals surface area contributed by atoms with E-state index >= 15 is 0 Å². The Kier molecular flexibility index (Phi) is 4.70. The Morgan fingerprint density at radius 1 is 1.25 bits per heavy atom. The number of anilines is 2. The van der Waals surface area contributed by atoms with Crippen molar-refractivity contribution >= 4 is 27.3 Å². The Hall–Kier alpha value is -1.49. The van der Waals surface area contributed by atoms with Gasteiger partial charge in [-0.15, -0.1) is 0 Å². The molecule has 2 rings (SSSR count). The molecular weight excluding hydrogens is 316 g/mol. The molecule has 0 aliphatic heterocycles. The van der Waals surface area contributed by atoms with E-state index in [1.54, 1.807) is 0 Å². The summed E-state index contributed by atoms with van der Waals surface area (Å²) in [6, 6.07) is 7.93. The summed E-state index contributed by atoms with van der Waals surface area (Å²) in [6.07, 6.45) is 0.937. The molecular formula is C15H21BrN4. The summed E-state index contributed by atoms with van der Waals surface area (Å²) in [5, 5.41) is 4.63. The maximum atomic E-state index is 5.73. The second-order valence-electron chi connectivity index (χ2n) is 4.82. The standard InChI is InChI=1S/C15H21BrN4/c1-4-13-15(16)14(20(5-2)18-13)10-19(3)12-8-6-11(17)7-9-12/h6-9H,4-5,10,17H2,1-3H3. The summed E-state index contributed by atoms with van der Waals surface area (Å²) >= 11 is 3.69. The molecule has 0 saturated heterocycles. The van der Waals surface area contributed by atoms with Gasteiger partial charge in [-0.3, -0.25) is 4.68 Å². The third-order valence-electron chi connectivity index (χ3n) is 3.41. The molecule has 0 spiro atoms. The molecule has 0 aliphatic rings. The van der Waals surface area contributed by atoms with Gasteiger partial charge in [-0.25, -0.2) is 0 Å². The van der Waals surface area contributed by atoms with Gasteiger partial charge in [0.1, 0.15) is 0 Å². The number of nitrogen functional groups attached to an aromatic ring is 1. The molecule has 0 radical (unpaired) electrons. The van der Waals surface area contributed by atoms with E-state index in [2.05, 4.69) is 51.5 Å². The number of hydrogen-bond donors (Lipinski definition) is 1. The van der Waals surface area contributed by atoms with Crippen LogP contribution in [-0.2, 0) is 19.5 Å². The van der Waals surface area contributed by atoms with Crippen LogP contribution in [-0.4, -0.2) is 16.8 Å². The second kappa shape index (κ2) is 6.31. The van der Waals surface area contributed by atoms with Gasteiger partial charge in [0, 0.05) is 25.0 Å². The zero-order chi connectivity index (χ0) is 14.7. The van der Waals surface area contributed by atoms with E-state index in [9.17, 15) is 0 Å². The SMILES string of the molecule is CCc1nn(CC)c(CN(C)c2ccc(N)cc2)c1Br. The lowest BCUT2D eigenvalue weighted by Gasteiger charge is -2.20. The van der Waals surface area contributed by atoms with E-state index in [-0.39, 0.29) is 0 Å². The predicted molar refractivity (Wildman–Crippen MR) is 87.9 cm³/mol.